The lowest BCUT2D eigenvalue weighted by Crippen LogP contribution is -2.54. The summed E-state index contributed by atoms with van der Waals surface area (Å²) in [6.45, 7) is 4.27. The van der Waals surface area contributed by atoms with Gasteiger partial charge in [-0.15, -0.1) is 0 Å². The number of benzene rings is 3. The maximum absolute atomic E-state index is 14.3. The van der Waals surface area contributed by atoms with Crippen molar-refractivity contribution in [3.05, 3.63) is 99.3 Å². The zero-order valence-corrected chi connectivity index (χ0v) is 19.2. The number of anilines is 1. The lowest BCUT2D eigenvalue weighted by Gasteiger charge is -2.26. The molecule has 1 saturated heterocycles. The van der Waals surface area contributed by atoms with E-state index in [4.69, 9.17) is 16.3 Å². The average Bonchev–Trinajstić information content (AvgIpc) is 2.79. The summed E-state index contributed by atoms with van der Waals surface area (Å²) in [4.78, 5) is 38.5. The Kier molecular flexibility index (Phi) is 6.47. The molecule has 8 heteroatoms. The van der Waals surface area contributed by atoms with Crippen LogP contribution in [0.25, 0.3) is 6.08 Å². The van der Waals surface area contributed by atoms with Gasteiger partial charge in [0.25, 0.3) is 11.8 Å². The monoisotopic (exact) mass is 478 g/mol. The van der Waals surface area contributed by atoms with E-state index in [1.165, 1.54) is 30.3 Å². The highest BCUT2D eigenvalue weighted by Gasteiger charge is 2.38. The van der Waals surface area contributed by atoms with Crippen LogP contribution in [0.1, 0.15) is 22.3 Å². The summed E-state index contributed by atoms with van der Waals surface area (Å²) in [6, 6.07) is 15.0. The maximum Gasteiger partial charge on any atom is 0.336 e. The number of nitrogens with one attached hydrogen (secondary N) is 1. The van der Waals surface area contributed by atoms with Crippen molar-refractivity contribution in [1.82, 2.24) is 5.32 Å². The van der Waals surface area contributed by atoms with Crippen molar-refractivity contribution in [2.75, 3.05) is 4.90 Å². The Morgan fingerprint density at radius 1 is 1.00 bits per heavy atom. The highest BCUT2D eigenvalue weighted by molar-refractivity contribution is 6.39. The molecule has 6 nitrogen and oxygen atoms in total. The molecule has 172 valence electrons. The molecule has 0 saturated carbocycles. The molecule has 1 aliphatic rings. The van der Waals surface area contributed by atoms with Crippen molar-refractivity contribution < 1.29 is 23.5 Å². The van der Waals surface area contributed by atoms with Crippen LogP contribution in [0.15, 0.2) is 66.2 Å². The molecule has 3 aromatic rings. The first kappa shape index (κ1) is 23.2. The van der Waals surface area contributed by atoms with Crippen LogP contribution in [0.5, 0.6) is 5.75 Å². The van der Waals surface area contributed by atoms with Gasteiger partial charge in [0.05, 0.1) is 5.69 Å². The second-order valence-electron chi connectivity index (χ2n) is 7.80. The molecule has 0 spiro atoms. The van der Waals surface area contributed by atoms with Gasteiger partial charge in [-0.1, -0.05) is 41.9 Å². The zero-order chi connectivity index (χ0) is 24.4. The van der Waals surface area contributed by atoms with Crippen molar-refractivity contribution in [2.24, 2.45) is 0 Å². The zero-order valence-electron chi connectivity index (χ0n) is 18.4. The Labute approximate surface area is 200 Å². The second kappa shape index (κ2) is 9.49. The average molecular weight is 479 g/mol. The second-order valence-corrected chi connectivity index (χ2v) is 8.24. The highest BCUT2D eigenvalue weighted by Crippen LogP contribution is 2.29. The van der Waals surface area contributed by atoms with E-state index in [0.29, 0.717) is 21.2 Å². The third-order valence-corrected chi connectivity index (χ3v) is 5.67. The summed E-state index contributed by atoms with van der Waals surface area (Å²) in [5, 5.41) is 2.44. The molecule has 1 aliphatic heterocycles. The van der Waals surface area contributed by atoms with Crippen LogP contribution in [0.2, 0.25) is 5.02 Å². The molecular weight excluding hydrogens is 459 g/mol. The van der Waals surface area contributed by atoms with Crippen molar-refractivity contribution in [3.63, 3.8) is 0 Å². The van der Waals surface area contributed by atoms with Crippen LogP contribution < -0.4 is 15.0 Å². The number of nitrogens with zero attached hydrogens (tertiary/aromatic N) is 1. The lowest BCUT2D eigenvalue weighted by atomic mass is 10.1. The number of carbonyl (C=O) groups excluding carboxylic acids is 3. The molecule has 0 radical (unpaired) electrons. The number of carbonyl (C=O) groups is 3. The number of halogens is 2. The van der Waals surface area contributed by atoms with Gasteiger partial charge in [-0.05, 0) is 66.9 Å². The molecule has 3 aromatic carbocycles. The van der Waals surface area contributed by atoms with Crippen LogP contribution in [-0.2, 0) is 16.2 Å². The summed E-state index contributed by atoms with van der Waals surface area (Å²) in [5.74, 6) is -2.26. The summed E-state index contributed by atoms with van der Waals surface area (Å²) >= 11 is 6.15. The van der Waals surface area contributed by atoms with E-state index in [1.807, 2.05) is 32.0 Å². The minimum atomic E-state index is -1.03. The fourth-order valence-electron chi connectivity index (χ4n) is 3.48. The van der Waals surface area contributed by atoms with Gasteiger partial charge < -0.3 is 4.74 Å². The molecular formula is C26H20ClFN2O4. The molecule has 1 fully saturated rings. The van der Waals surface area contributed by atoms with Gasteiger partial charge >= 0.3 is 6.03 Å². The number of barbiturate groups is 1. The van der Waals surface area contributed by atoms with E-state index in [-0.39, 0.29) is 17.9 Å². The third kappa shape index (κ3) is 4.70. The molecule has 1 N–H and O–H groups in total. The summed E-state index contributed by atoms with van der Waals surface area (Å²) < 4.78 is 20.2. The standard InChI is InChI=1S/C26H20ClFN2O4/c1-15-7-8-17(11-16(15)2)14-34-23-10-9-19(27)12-18(23)13-20-24(31)29-26(33)30(25(20)32)22-6-4-3-5-21(22)28/h3-13H,14H2,1-2H3,(H,29,31,33)/b20-13-. The normalized spacial score (nSPS) is 15.0. The topological polar surface area (TPSA) is 75.7 Å². The highest BCUT2D eigenvalue weighted by atomic mass is 35.5. The number of hydrogen-bond donors (Lipinski definition) is 1. The Balaban J connectivity index is 1.68. The van der Waals surface area contributed by atoms with Crippen LogP contribution in [0.3, 0.4) is 0 Å². The number of para-hydroxylation sites is 1. The van der Waals surface area contributed by atoms with Crippen LogP contribution in [-0.4, -0.2) is 17.8 Å². The SMILES string of the molecule is Cc1ccc(COc2ccc(Cl)cc2/C=C2/C(=O)NC(=O)N(c3ccccc3F)C2=O)cc1C. The van der Waals surface area contributed by atoms with E-state index < -0.39 is 23.7 Å². The maximum atomic E-state index is 14.3. The van der Waals surface area contributed by atoms with Crippen molar-refractivity contribution in [1.29, 1.82) is 0 Å². The molecule has 0 atom stereocenters. The van der Waals surface area contributed by atoms with Gasteiger partial charge in [0.1, 0.15) is 23.7 Å². The lowest BCUT2D eigenvalue weighted by molar-refractivity contribution is -0.122. The number of urea groups is 1. The number of imide groups is 2. The van der Waals surface area contributed by atoms with E-state index in [0.717, 1.165) is 22.8 Å². The first-order chi connectivity index (χ1) is 16.2. The fraction of sp³-hybridized carbons (Fsp3) is 0.115. The van der Waals surface area contributed by atoms with Gasteiger partial charge in [0.2, 0.25) is 0 Å². The predicted octanol–water partition coefficient (Wildman–Crippen LogP) is 5.34. The van der Waals surface area contributed by atoms with Gasteiger partial charge in [-0.2, -0.15) is 0 Å². The predicted molar refractivity (Wildman–Crippen MR) is 127 cm³/mol. The molecule has 34 heavy (non-hydrogen) atoms. The van der Waals surface area contributed by atoms with E-state index >= 15 is 0 Å². The summed E-state index contributed by atoms with van der Waals surface area (Å²) in [5.41, 5.74) is 2.97. The summed E-state index contributed by atoms with van der Waals surface area (Å²) in [7, 11) is 0. The first-order valence-corrected chi connectivity index (χ1v) is 10.8. The molecule has 0 unspecified atom stereocenters. The number of rotatable bonds is 5. The number of hydrogen-bond acceptors (Lipinski definition) is 4. The minimum absolute atomic E-state index is 0.249. The van der Waals surface area contributed by atoms with E-state index in [1.54, 1.807) is 12.1 Å². The van der Waals surface area contributed by atoms with Gasteiger partial charge in [0.15, 0.2) is 0 Å². The van der Waals surface area contributed by atoms with Crippen molar-refractivity contribution >= 4 is 41.2 Å². The Morgan fingerprint density at radius 2 is 1.76 bits per heavy atom. The minimum Gasteiger partial charge on any atom is -0.488 e. The fourth-order valence-corrected chi connectivity index (χ4v) is 3.66. The summed E-state index contributed by atoms with van der Waals surface area (Å²) in [6.07, 6.45) is 1.28. The molecule has 4 amide bonds. The quantitative estimate of drug-likeness (QED) is 0.396. The molecule has 1 heterocycles. The first-order valence-electron chi connectivity index (χ1n) is 10.4. The molecule has 0 aliphatic carbocycles. The third-order valence-electron chi connectivity index (χ3n) is 5.43. The number of amides is 4. The van der Waals surface area contributed by atoms with Gasteiger partial charge in [-0.3, -0.25) is 14.9 Å². The Morgan fingerprint density at radius 3 is 2.50 bits per heavy atom. The molecule has 0 aromatic heterocycles. The smallest absolute Gasteiger partial charge is 0.336 e. The molecule has 0 bridgehead atoms. The molecule has 4 rings (SSSR count). The van der Waals surface area contributed by atoms with E-state index in [9.17, 15) is 18.8 Å². The number of aryl methyl sites for hydroxylation is 2. The van der Waals surface area contributed by atoms with Gasteiger partial charge in [0, 0.05) is 10.6 Å². The van der Waals surface area contributed by atoms with Gasteiger partial charge in [-0.25, -0.2) is 14.1 Å². The largest absolute Gasteiger partial charge is 0.488 e. The van der Waals surface area contributed by atoms with Crippen molar-refractivity contribution in [3.8, 4) is 5.75 Å². The van der Waals surface area contributed by atoms with Crippen molar-refractivity contribution in [2.45, 2.75) is 20.5 Å². The Hall–Kier alpha value is -3.97. The van der Waals surface area contributed by atoms with E-state index in [2.05, 4.69) is 5.32 Å². The Bertz CT molecular complexity index is 1350. The van der Waals surface area contributed by atoms with Crippen LogP contribution >= 0.6 is 11.6 Å². The van der Waals surface area contributed by atoms with Crippen LogP contribution in [0.4, 0.5) is 14.9 Å². The number of ether oxygens (including phenoxy) is 1. The van der Waals surface area contributed by atoms with Crippen LogP contribution in [0, 0.1) is 19.7 Å².